The fraction of sp³-hybridized carbons (Fsp3) is 0.111. The van der Waals surface area contributed by atoms with E-state index in [9.17, 15) is 4.79 Å². The predicted octanol–water partition coefficient (Wildman–Crippen LogP) is 3.43. The van der Waals surface area contributed by atoms with Crippen LogP contribution in [0.2, 0.25) is 5.02 Å². The van der Waals surface area contributed by atoms with Gasteiger partial charge in [0.05, 0.1) is 6.21 Å². The minimum atomic E-state index is -0.370. The fourth-order valence-corrected chi connectivity index (χ4v) is 1.88. The third-order valence-electron chi connectivity index (χ3n) is 2.85. The molecule has 0 aliphatic rings. The van der Waals surface area contributed by atoms with Gasteiger partial charge in [-0.05, 0) is 36.4 Å². The fourth-order valence-electron chi connectivity index (χ4n) is 1.75. The van der Waals surface area contributed by atoms with E-state index in [1.54, 1.807) is 30.3 Å². The molecular weight excluding hydrogens is 328 g/mol. The van der Waals surface area contributed by atoms with Crippen LogP contribution in [0.25, 0.3) is 0 Å². The quantitative estimate of drug-likeness (QED) is 0.453. The van der Waals surface area contributed by atoms with Gasteiger partial charge in [0.25, 0.3) is 5.91 Å². The van der Waals surface area contributed by atoms with Gasteiger partial charge in [-0.15, -0.1) is 0 Å². The van der Waals surface area contributed by atoms with Crippen LogP contribution in [0, 0.1) is 0 Å². The van der Waals surface area contributed by atoms with Crippen LogP contribution in [0.3, 0.4) is 0 Å². The average molecular weight is 345 g/mol. The Morgan fingerprint density at radius 3 is 2.67 bits per heavy atom. The van der Waals surface area contributed by atoms with Crippen LogP contribution in [0.5, 0.6) is 11.5 Å². The lowest BCUT2D eigenvalue weighted by molar-refractivity contribution is -0.123. The Morgan fingerprint density at radius 1 is 1.17 bits per heavy atom. The third kappa shape index (κ3) is 5.78. The molecule has 0 saturated carbocycles. The Hall–Kier alpha value is -2.79. The molecule has 0 unspecified atom stereocenters. The van der Waals surface area contributed by atoms with Crippen molar-refractivity contribution in [2.45, 2.75) is 0 Å². The molecule has 0 radical (unpaired) electrons. The molecule has 2 aromatic rings. The first-order valence-electron chi connectivity index (χ1n) is 7.22. The van der Waals surface area contributed by atoms with Crippen LogP contribution in [-0.4, -0.2) is 25.3 Å². The highest BCUT2D eigenvalue weighted by Crippen LogP contribution is 2.16. The van der Waals surface area contributed by atoms with Gasteiger partial charge >= 0.3 is 0 Å². The molecule has 0 atom stereocenters. The van der Waals surface area contributed by atoms with Gasteiger partial charge in [0.15, 0.2) is 6.61 Å². The number of nitrogens with one attached hydrogen (secondary N) is 1. The zero-order valence-electron chi connectivity index (χ0n) is 12.9. The Balaban J connectivity index is 1.83. The predicted molar refractivity (Wildman–Crippen MR) is 94.8 cm³/mol. The van der Waals surface area contributed by atoms with Crippen molar-refractivity contribution in [2.24, 2.45) is 5.10 Å². The summed E-state index contributed by atoms with van der Waals surface area (Å²) in [5.41, 5.74) is 3.15. The van der Waals surface area contributed by atoms with Crippen molar-refractivity contribution in [3.05, 3.63) is 71.8 Å². The van der Waals surface area contributed by atoms with Crippen molar-refractivity contribution in [2.75, 3.05) is 13.2 Å². The molecule has 2 aromatic carbocycles. The van der Waals surface area contributed by atoms with E-state index in [-0.39, 0.29) is 12.5 Å². The van der Waals surface area contributed by atoms with E-state index in [1.807, 2.05) is 24.3 Å². The number of carbonyl (C=O) groups excluding carboxylic acids is 1. The second-order valence-electron chi connectivity index (χ2n) is 4.67. The Kier molecular flexibility index (Phi) is 6.86. The van der Waals surface area contributed by atoms with E-state index >= 15 is 0 Å². The maximum Gasteiger partial charge on any atom is 0.277 e. The number of amides is 1. The molecule has 0 saturated heterocycles. The summed E-state index contributed by atoms with van der Waals surface area (Å²) in [6.07, 6.45) is 3.17. The zero-order chi connectivity index (χ0) is 17.2. The molecule has 1 N–H and O–H groups in total. The summed E-state index contributed by atoms with van der Waals surface area (Å²) in [4.78, 5) is 11.7. The largest absolute Gasteiger partial charge is 0.489 e. The molecule has 6 heteroatoms. The molecule has 0 aromatic heterocycles. The minimum Gasteiger partial charge on any atom is -0.489 e. The van der Waals surface area contributed by atoms with Crippen LogP contribution < -0.4 is 14.9 Å². The topological polar surface area (TPSA) is 59.9 Å². The normalized spacial score (nSPS) is 10.4. The first kappa shape index (κ1) is 17.6. The smallest absolute Gasteiger partial charge is 0.277 e. The number of hydrogen-bond donors (Lipinski definition) is 1. The summed E-state index contributed by atoms with van der Waals surface area (Å²) in [6.45, 7) is 3.85. The van der Waals surface area contributed by atoms with Gasteiger partial charge in [-0.25, -0.2) is 5.43 Å². The second-order valence-corrected chi connectivity index (χ2v) is 5.11. The number of carbonyl (C=O) groups is 1. The van der Waals surface area contributed by atoms with Crippen molar-refractivity contribution in [1.29, 1.82) is 0 Å². The Labute approximate surface area is 145 Å². The van der Waals surface area contributed by atoms with Crippen molar-refractivity contribution < 1.29 is 14.3 Å². The van der Waals surface area contributed by atoms with Gasteiger partial charge < -0.3 is 9.47 Å². The highest BCUT2D eigenvalue weighted by atomic mass is 35.5. The van der Waals surface area contributed by atoms with Gasteiger partial charge in [-0.2, -0.15) is 5.10 Å². The molecule has 24 heavy (non-hydrogen) atoms. The number of para-hydroxylation sites is 1. The molecule has 0 heterocycles. The number of rotatable bonds is 8. The van der Waals surface area contributed by atoms with E-state index in [4.69, 9.17) is 21.1 Å². The molecule has 1 amide bonds. The molecule has 0 aliphatic carbocycles. The third-order valence-corrected chi connectivity index (χ3v) is 3.10. The molecule has 2 rings (SSSR count). The Morgan fingerprint density at radius 2 is 1.92 bits per heavy atom. The molecule has 0 fully saturated rings. The van der Waals surface area contributed by atoms with E-state index in [0.29, 0.717) is 23.1 Å². The number of benzene rings is 2. The molecule has 5 nitrogen and oxygen atoms in total. The number of nitrogens with zero attached hydrogens (tertiary/aromatic N) is 1. The number of hydrogen-bond acceptors (Lipinski definition) is 4. The lowest BCUT2D eigenvalue weighted by Crippen LogP contribution is -2.24. The molecule has 0 bridgehead atoms. The number of ether oxygens (including phenoxy) is 2. The average Bonchev–Trinajstić information content (AvgIpc) is 2.60. The lowest BCUT2D eigenvalue weighted by atomic mass is 10.2. The Bertz CT molecular complexity index is 714. The van der Waals surface area contributed by atoms with Crippen LogP contribution >= 0.6 is 11.6 Å². The van der Waals surface area contributed by atoms with Crippen LogP contribution in [0.1, 0.15) is 5.56 Å². The summed E-state index contributed by atoms with van der Waals surface area (Å²) >= 11 is 5.78. The lowest BCUT2D eigenvalue weighted by Gasteiger charge is -2.06. The standard InChI is InChI=1S/C18H17ClN2O3/c1-2-11-23-17-6-4-3-5-14(17)12-20-21-18(22)13-24-16-9-7-15(19)8-10-16/h2-10,12H,1,11,13H2,(H,21,22). The maximum absolute atomic E-state index is 11.7. The van der Waals surface area contributed by atoms with E-state index < -0.39 is 0 Å². The van der Waals surface area contributed by atoms with Gasteiger partial charge in [0.1, 0.15) is 18.1 Å². The summed E-state index contributed by atoms with van der Waals surface area (Å²) in [5.74, 6) is 0.847. The molecular formula is C18H17ClN2O3. The highest BCUT2D eigenvalue weighted by Gasteiger charge is 2.02. The van der Waals surface area contributed by atoms with Crippen molar-refractivity contribution >= 4 is 23.7 Å². The van der Waals surface area contributed by atoms with E-state index in [2.05, 4.69) is 17.1 Å². The van der Waals surface area contributed by atoms with Crippen molar-refractivity contribution in [3.8, 4) is 11.5 Å². The van der Waals surface area contributed by atoms with Gasteiger partial charge in [-0.3, -0.25) is 4.79 Å². The number of halogens is 1. The minimum absolute atomic E-state index is 0.145. The molecule has 124 valence electrons. The van der Waals surface area contributed by atoms with Gasteiger partial charge in [-0.1, -0.05) is 36.4 Å². The highest BCUT2D eigenvalue weighted by molar-refractivity contribution is 6.30. The summed E-state index contributed by atoms with van der Waals surface area (Å²) in [5, 5.41) is 4.51. The summed E-state index contributed by atoms with van der Waals surface area (Å²) in [7, 11) is 0. The van der Waals surface area contributed by atoms with E-state index in [1.165, 1.54) is 6.21 Å². The monoisotopic (exact) mass is 344 g/mol. The van der Waals surface area contributed by atoms with Crippen LogP contribution in [-0.2, 0) is 4.79 Å². The van der Waals surface area contributed by atoms with Crippen LogP contribution in [0.4, 0.5) is 0 Å². The first-order valence-corrected chi connectivity index (χ1v) is 7.60. The SMILES string of the molecule is C=CCOc1ccccc1C=NNC(=O)COc1ccc(Cl)cc1. The van der Waals surface area contributed by atoms with Crippen LogP contribution in [0.15, 0.2) is 66.3 Å². The molecule has 0 aliphatic heterocycles. The molecule has 0 spiro atoms. The number of hydrazone groups is 1. The van der Waals surface area contributed by atoms with E-state index in [0.717, 1.165) is 5.56 Å². The second kappa shape index (κ2) is 9.37. The van der Waals surface area contributed by atoms with Gasteiger partial charge in [0, 0.05) is 10.6 Å². The zero-order valence-corrected chi connectivity index (χ0v) is 13.7. The first-order chi connectivity index (χ1) is 11.7. The van der Waals surface area contributed by atoms with Gasteiger partial charge in [0.2, 0.25) is 0 Å². The summed E-state index contributed by atoms with van der Waals surface area (Å²) in [6, 6.07) is 14.1. The summed E-state index contributed by atoms with van der Waals surface area (Å²) < 4.78 is 10.8. The maximum atomic E-state index is 11.7. The van der Waals surface area contributed by atoms with Crippen molar-refractivity contribution in [3.63, 3.8) is 0 Å². The van der Waals surface area contributed by atoms with Crippen molar-refractivity contribution in [1.82, 2.24) is 5.43 Å².